The van der Waals surface area contributed by atoms with Gasteiger partial charge < -0.3 is 5.11 Å². The molecule has 0 amide bonds. The normalized spacial score (nSPS) is 12.4. The van der Waals surface area contributed by atoms with Gasteiger partial charge in [-0.3, -0.25) is 0 Å². The molecule has 2 rings (SSSR count). The van der Waals surface area contributed by atoms with E-state index in [1.807, 2.05) is 24.3 Å². The third-order valence-electron chi connectivity index (χ3n) is 3.26. The van der Waals surface area contributed by atoms with Gasteiger partial charge in [-0.1, -0.05) is 53.5 Å². The van der Waals surface area contributed by atoms with Crippen molar-refractivity contribution in [2.24, 2.45) is 5.92 Å². The molecule has 0 aliphatic rings. The molecule has 0 saturated heterocycles. The van der Waals surface area contributed by atoms with Crippen LogP contribution in [0.2, 0.25) is 10.0 Å². The predicted molar refractivity (Wildman–Crippen MR) is 80.8 cm³/mol. The maximum Gasteiger partial charge on any atom is 0.142 e. The van der Waals surface area contributed by atoms with E-state index >= 15 is 0 Å². The zero-order chi connectivity index (χ0) is 14.5. The van der Waals surface area contributed by atoms with Crippen LogP contribution in [0.1, 0.15) is 11.1 Å². The molecule has 0 bridgehead atoms. The van der Waals surface area contributed by atoms with Crippen LogP contribution in [0.25, 0.3) is 0 Å². The van der Waals surface area contributed by atoms with Crippen LogP contribution in [0.4, 0.5) is 4.39 Å². The summed E-state index contributed by atoms with van der Waals surface area (Å²) in [6.45, 7) is -0.00192. The molecule has 2 aromatic carbocycles. The third-order valence-corrected chi connectivity index (χ3v) is 4.06. The van der Waals surface area contributed by atoms with E-state index in [9.17, 15) is 9.50 Å². The molecule has 2 aromatic rings. The second-order valence-corrected chi connectivity index (χ2v) is 5.55. The molecule has 0 heterocycles. The number of hydrogen-bond donors (Lipinski definition) is 1. The summed E-state index contributed by atoms with van der Waals surface area (Å²) in [5.74, 6) is -0.479. The van der Waals surface area contributed by atoms with Gasteiger partial charge in [0.25, 0.3) is 0 Å². The van der Waals surface area contributed by atoms with Crippen molar-refractivity contribution in [3.05, 3.63) is 69.5 Å². The molecule has 0 radical (unpaired) electrons. The van der Waals surface area contributed by atoms with E-state index in [2.05, 4.69) is 0 Å². The van der Waals surface area contributed by atoms with Crippen molar-refractivity contribution in [2.45, 2.75) is 12.8 Å². The SMILES string of the molecule is OCC(Cc1ccccc1Cl)Cc1cccc(F)c1Cl. The third kappa shape index (κ3) is 3.72. The van der Waals surface area contributed by atoms with Crippen molar-refractivity contribution in [2.75, 3.05) is 6.61 Å². The quantitative estimate of drug-likeness (QED) is 0.860. The minimum Gasteiger partial charge on any atom is -0.396 e. The number of halogens is 3. The molecule has 0 spiro atoms. The predicted octanol–water partition coefficient (Wildman–Crippen LogP) is 4.53. The van der Waals surface area contributed by atoms with Crippen LogP contribution in [-0.4, -0.2) is 11.7 Å². The van der Waals surface area contributed by atoms with Gasteiger partial charge in [-0.25, -0.2) is 4.39 Å². The average Bonchev–Trinajstić information content (AvgIpc) is 2.45. The highest BCUT2D eigenvalue weighted by Gasteiger charge is 2.14. The summed E-state index contributed by atoms with van der Waals surface area (Å²) < 4.78 is 13.4. The molecule has 4 heteroatoms. The van der Waals surface area contributed by atoms with Gasteiger partial charge in [-0.15, -0.1) is 0 Å². The molecule has 1 atom stereocenters. The highest BCUT2D eigenvalue weighted by Crippen LogP contribution is 2.25. The van der Waals surface area contributed by atoms with E-state index in [1.54, 1.807) is 12.1 Å². The van der Waals surface area contributed by atoms with Crippen molar-refractivity contribution >= 4 is 23.2 Å². The Bertz CT molecular complexity index is 586. The molecule has 0 aliphatic heterocycles. The minimum atomic E-state index is -0.432. The van der Waals surface area contributed by atoms with Gasteiger partial charge in [0.2, 0.25) is 0 Å². The molecule has 0 aliphatic carbocycles. The number of rotatable bonds is 5. The van der Waals surface area contributed by atoms with Gasteiger partial charge in [0.1, 0.15) is 5.82 Å². The topological polar surface area (TPSA) is 20.2 Å². The second kappa shape index (κ2) is 7.07. The fraction of sp³-hybridized carbons (Fsp3) is 0.250. The van der Waals surface area contributed by atoms with Gasteiger partial charge in [-0.2, -0.15) is 0 Å². The van der Waals surface area contributed by atoms with Gasteiger partial charge in [0.15, 0.2) is 0 Å². The van der Waals surface area contributed by atoms with E-state index in [1.165, 1.54) is 6.07 Å². The van der Waals surface area contributed by atoms with Crippen molar-refractivity contribution in [1.82, 2.24) is 0 Å². The van der Waals surface area contributed by atoms with Gasteiger partial charge in [-0.05, 0) is 42.0 Å². The highest BCUT2D eigenvalue weighted by atomic mass is 35.5. The molecule has 0 saturated carbocycles. The second-order valence-electron chi connectivity index (χ2n) is 4.76. The fourth-order valence-electron chi connectivity index (χ4n) is 2.19. The monoisotopic (exact) mass is 312 g/mol. The maximum atomic E-state index is 13.4. The maximum absolute atomic E-state index is 13.4. The molecule has 1 N–H and O–H groups in total. The van der Waals surface area contributed by atoms with Crippen LogP contribution < -0.4 is 0 Å². The summed E-state index contributed by atoms with van der Waals surface area (Å²) >= 11 is 12.1. The molecule has 1 unspecified atom stereocenters. The molecular formula is C16H15Cl2FO. The van der Waals surface area contributed by atoms with Crippen molar-refractivity contribution in [3.8, 4) is 0 Å². The lowest BCUT2D eigenvalue weighted by molar-refractivity contribution is 0.225. The minimum absolute atomic E-state index is 0.00192. The molecule has 0 fully saturated rings. The zero-order valence-corrected chi connectivity index (χ0v) is 12.3. The van der Waals surface area contributed by atoms with E-state index < -0.39 is 5.82 Å². The Morgan fingerprint density at radius 2 is 1.60 bits per heavy atom. The van der Waals surface area contributed by atoms with E-state index in [0.717, 1.165) is 5.56 Å². The fourth-order valence-corrected chi connectivity index (χ4v) is 2.61. The van der Waals surface area contributed by atoms with Gasteiger partial charge in [0, 0.05) is 11.6 Å². The first-order chi connectivity index (χ1) is 9.61. The highest BCUT2D eigenvalue weighted by molar-refractivity contribution is 6.31. The van der Waals surface area contributed by atoms with Gasteiger partial charge >= 0.3 is 0 Å². The van der Waals surface area contributed by atoms with E-state index in [-0.39, 0.29) is 17.5 Å². The molecule has 1 nitrogen and oxygen atoms in total. The van der Waals surface area contributed by atoms with Crippen molar-refractivity contribution in [3.63, 3.8) is 0 Å². The van der Waals surface area contributed by atoms with E-state index in [4.69, 9.17) is 23.2 Å². The summed E-state index contributed by atoms with van der Waals surface area (Å²) in [6, 6.07) is 12.3. The van der Waals surface area contributed by atoms with Crippen LogP contribution in [0.5, 0.6) is 0 Å². The summed E-state index contributed by atoms with van der Waals surface area (Å²) in [6.07, 6.45) is 1.14. The first kappa shape index (κ1) is 15.3. The van der Waals surface area contributed by atoms with Crippen LogP contribution in [0, 0.1) is 11.7 Å². The lowest BCUT2D eigenvalue weighted by Gasteiger charge is -2.16. The Morgan fingerprint density at radius 3 is 2.30 bits per heavy atom. The van der Waals surface area contributed by atoms with Crippen molar-refractivity contribution in [1.29, 1.82) is 0 Å². The Balaban J connectivity index is 2.14. The van der Waals surface area contributed by atoms with E-state index in [0.29, 0.717) is 23.4 Å². The smallest absolute Gasteiger partial charge is 0.142 e. The van der Waals surface area contributed by atoms with Crippen LogP contribution in [-0.2, 0) is 12.8 Å². The number of aliphatic hydroxyl groups excluding tert-OH is 1. The summed E-state index contributed by atoms with van der Waals surface area (Å²) in [5, 5.41) is 10.3. The molecule has 0 aromatic heterocycles. The van der Waals surface area contributed by atoms with Gasteiger partial charge in [0.05, 0.1) is 5.02 Å². The Morgan fingerprint density at radius 1 is 0.950 bits per heavy atom. The van der Waals surface area contributed by atoms with Crippen LogP contribution >= 0.6 is 23.2 Å². The Kier molecular flexibility index (Phi) is 5.41. The average molecular weight is 313 g/mol. The summed E-state index contributed by atoms with van der Waals surface area (Å²) in [7, 11) is 0. The zero-order valence-electron chi connectivity index (χ0n) is 10.8. The standard InChI is InChI=1S/C16H15Cl2FO/c17-14-6-2-1-4-12(14)8-11(10-20)9-13-5-3-7-15(19)16(13)18/h1-7,11,20H,8-10H2. The summed E-state index contributed by atoms with van der Waals surface area (Å²) in [4.78, 5) is 0. The lowest BCUT2D eigenvalue weighted by Crippen LogP contribution is -2.13. The number of hydrogen-bond acceptors (Lipinski definition) is 1. The Hall–Kier alpha value is -1.09. The molecule has 106 valence electrons. The molecular weight excluding hydrogens is 298 g/mol. The van der Waals surface area contributed by atoms with Crippen LogP contribution in [0.15, 0.2) is 42.5 Å². The first-order valence-electron chi connectivity index (χ1n) is 6.39. The molecule has 20 heavy (non-hydrogen) atoms. The van der Waals surface area contributed by atoms with Crippen LogP contribution in [0.3, 0.4) is 0 Å². The number of aliphatic hydroxyl groups is 1. The summed E-state index contributed by atoms with van der Waals surface area (Å²) in [5.41, 5.74) is 1.68. The van der Waals surface area contributed by atoms with Crippen molar-refractivity contribution < 1.29 is 9.50 Å². The number of benzene rings is 2. The lowest BCUT2D eigenvalue weighted by atomic mass is 9.93. The first-order valence-corrected chi connectivity index (χ1v) is 7.14. The largest absolute Gasteiger partial charge is 0.396 e. The Labute approximate surface area is 128 Å².